The normalized spacial score (nSPS) is 31.9. The van der Waals surface area contributed by atoms with Crippen molar-refractivity contribution in [3.8, 4) is 0 Å². The highest BCUT2D eigenvalue weighted by atomic mass is 16.5. The third-order valence-corrected chi connectivity index (χ3v) is 8.03. The number of likely N-dealkylation sites (tertiary alicyclic amines) is 1. The number of unbranched alkanes of at least 4 members (excludes halogenated alkanes) is 1. The van der Waals surface area contributed by atoms with Gasteiger partial charge < -0.3 is 25.4 Å². The number of hydrogen-bond acceptors (Lipinski definition) is 5. The second kappa shape index (κ2) is 10.3. The highest BCUT2D eigenvalue weighted by Gasteiger charge is 2.77. The van der Waals surface area contributed by atoms with Crippen LogP contribution in [0, 0.1) is 11.8 Å². The van der Waals surface area contributed by atoms with E-state index in [1.807, 2.05) is 44.2 Å². The van der Waals surface area contributed by atoms with E-state index < -0.39 is 29.1 Å². The molecule has 0 radical (unpaired) electrons. The van der Waals surface area contributed by atoms with Crippen molar-refractivity contribution in [2.75, 3.05) is 13.2 Å². The van der Waals surface area contributed by atoms with Crippen molar-refractivity contribution in [1.82, 2.24) is 15.5 Å². The molecule has 1 aromatic carbocycles. The van der Waals surface area contributed by atoms with E-state index in [1.54, 1.807) is 4.90 Å². The van der Waals surface area contributed by atoms with Gasteiger partial charge in [-0.1, -0.05) is 43.7 Å². The Bertz CT molecular complexity index is 940. The van der Waals surface area contributed by atoms with Gasteiger partial charge >= 0.3 is 0 Å². The zero-order valence-corrected chi connectivity index (χ0v) is 21.1. The summed E-state index contributed by atoms with van der Waals surface area (Å²) in [6.07, 6.45) is 4.11. The van der Waals surface area contributed by atoms with Gasteiger partial charge in [-0.15, -0.1) is 0 Å². The van der Waals surface area contributed by atoms with Gasteiger partial charge in [0.1, 0.15) is 11.6 Å². The van der Waals surface area contributed by atoms with Crippen molar-refractivity contribution in [3.63, 3.8) is 0 Å². The lowest BCUT2D eigenvalue weighted by molar-refractivity contribution is -0.146. The SMILES string of the molecule is CCCC(C)NC(=O)C1N(CCCCO)C(=O)[C@@H]2[C@@H](C(=O)NCc3ccccc3)[C@@]3(C)CCC12O3. The zero-order valence-electron chi connectivity index (χ0n) is 21.1. The molecule has 3 heterocycles. The Balaban J connectivity index is 1.61. The molecule has 2 bridgehead atoms. The van der Waals surface area contributed by atoms with E-state index in [1.165, 1.54) is 0 Å². The average Bonchev–Trinajstić information content (AvgIpc) is 3.39. The minimum atomic E-state index is -1.00. The van der Waals surface area contributed by atoms with Crippen molar-refractivity contribution < 1.29 is 24.2 Å². The number of carbonyl (C=O) groups is 3. The van der Waals surface area contributed by atoms with Crippen molar-refractivity contribution in [3.05, 3.63) is 35.9 Å². The summed E-state index contributed by atoms with van der Waals surface area (Å²) in [7, 11) is 0. The van der Waals surface area contributed by atoms with Gasteiger partial charge in [-0.3, -0.25) is 14.4 Å². The number of nitrogens with zero attached hydrogens (tertiary/aromatic N) is 1. The van der Waals surface area contributed by atoms with E-state index in [-0.39, 0.29) is 30.4 Å². The highest BCUT2D eigenvalue weighted by Crippen LogP contribution is 2.63. The lowest BCUT2D eigenvalue weighted by Gasteiger charge is -2.34. The summed E-state index contributed by atoms with van der Waals surface area (Å²) in [4.78, 5) is 42.6. The van der Waals surface area contributed by atoms with Crippen LogP contribution in [0.15, 0.2) is 30.3 Å². The van der Waals surface area contributed by atoms with Crippen LogP contribution in [0.4, 0.5) is 0 Å². The van der Waals surface area contributed by atoms with Crippen LogP contribution in [0.25, 0.3) is 0 Å². The number of hydrogen-bond donors (Lipinski definition) is 3. The molecule has 8 nitrogen and oxygen atoms in total. The Morgan fingerprint density at radius 2 is 1.94 bits per heavy atom. The molecule has 6 atom stereocenters. The molecule has 3 aliphatic rings. The van der Waals surface area contributed by atoms with Gasteiger partial charge in [0.2, 0.25) is 17.7 Å². The Kier molecular flexibility index (Phi) is 7.52. The molecule has 3 amide bonds. The van der Waals surface area contributed by atoms with Crippen LogP contribution in [0.1, 0.15) is 64.9 Å². The third-order valence-electron chi connectivity index (χ3n) is 8.03. The summed E-state index contributed by atoms with van der Waals surface area (Å²) in [5.41, 5.74) is -0.808. The number of carbonyl (C=O) groups excluding carboxylic acids is 3. The molecule has 3 fully saturated rings. The maximum atomic E-state index is 13.8. The molecule has 35 heavy (non-hydrogen) atoms. The van der Waals surface area contributed by atoms with Gasteiger partial charge in [0, 0.05) is 25.7 Å². The van der Waals surface area contributed by atoms with Gasteiger partial charge in [0.15, 0.2) is 0 Å². The Hall–Kier alpha value is -2.45. The molecule has 192 valence electrons. The fourth-order valence-corrected chi connectivity index (χ4v) is 6.48. The number of fused-ring (bicyclic) bond motifs is 1. The summed E-state index contributed by atoms with van der Waals surface area (Å²) < 4.78 is 6.61. The maximum Gasteiger partial charge on any atom is 0.246 e. The molecule has 3 unspecified atom stereocenters. The summed E-state index contributed by atoms with van der Waals surface area (Å²) in [6.45, 7) is 6.70. The molecule has 1 spiro atoms. The van der Waals surface area contributed by atoms with Gasteiger partial charge in [0.05, 0.1) is 17.4 Å². The topological polar surface area (TPSA) is 108 Å². The van der Waals surface area contributed by atoms with E-state index >= 15 is 0 Å². The minimum absolute atomic E-state index is 0.0171. The van der Waals surface area contributed by atoms with E-state index in [4.69, 9.17) is 4.74 Å². The molecular formula is C27H39N3O5. The van der Waals surface area contributed by atoms with E-state index in [9.17, 15) is 19.5 Å². The Morgan fingerprint density at radius 1 is 1.20 bits per heavy atom. The van der Waals surface area contributed by atoms with Gasteiger partial charge in [0.25, 0.3) is 0 Å². The second-order valence-corrected chi connectivity index (χ2v) is 10.6. The molecule has 3 N–H and O–H groups in total. The first-order valence-corrected chi connectivity index (χ1v) is 13.0. The van der Waals surface area contributed by atoms with Gasteiger partial charge in [-0.05, 0) is 51.5 Å². The summed E-state index contributed by atoms with van der Waals surface area (Å²) >= 11 is 0. The summed E-state index contributed by atoms with van der Waals surface area (Å²) in [5.74, 6) is -1.94. The van der Waals surface area contributed by atoms with Crippen LogP contribution < -0.4 is 10.6 Å². The number of aliphatic hydroxyl groups excluding tert-OH is 1. The van der Waals surface area contributed by atoms with Gasteiger partial charge in [-0.25, -0.2) is 0 Å². The molecule has 4 rings (SSSR count). The quantitative estimate of drug-likeness (QED) is 0.416. The molecule has 1 aromatic rings. The highest BCUT2D eigenvalue weighted by molar-refractivity contribution is 5.99. The van der Waals surface area contributed by atoms with Gasteiger partial charge in [-0.2, -0.15) is 0 Å². The number of amides is 3. The van der Waals surface area contributed by atoms with Crippen molar-refractivity contribution >= 4 is 17.7 Å². The maximum absolute atomic E-state index is 13.8. The molecule has 3 aliphatic heterocycles. The molecule has 0 aromatic heterocycles. The minimum Gasteiger partial charge on any atom is -0.396 e. The fraction of sp³-hybridized carbons (Fsp3) is 0.667. The molecular weight excluding hydrogens is 446 g/mol. The van der Waals surface area contributed by atoms with Crippen LogP contribution in [-0.2, 0) is 25.7 Å². The summed E-state index contributed by atoms with van der Waals surface area (Å²) in [6, 6.07) is 8.88. The molecule has 8 heteroatoms. The number of nitrogens with one attached hydrogen (secondary N) is 2. The number of benzene rings is 1. The standard InChI is InChI=1S/C27H39N3O5/c1-4-10-18(2)29-24(33)22-27-14-13-26(3,35-27)20(21(27)25(34)30(22)15-8-9-16-31)23(32)28-17-19-11-6-5-7-12-19/h5-7,11-12,18,20-22,31H,4,8-10,13-17H2,1-3H3,(H,28,32)(H,29,33)/t18?,20-,21-,22?,26+,27?/m0/s1. The zero-order chi connectivity index (χ0) is 25.2. The van der Waals surface area contributed by atoms with E-state index in [0.29, 0.717) is 38.8 Å². The first-order valence-electron chi connectivity index (χ1n) is 13.0. The average molecular weight is 486 g/mol. The molecule has 0 saturated carbocycles. The molecule has 0 aliphatic carbocycles. The van der Waals surface area contributed by atoms with Crippen LogP contribution >= 0.6 is 0 Å². The monoisotopic (exact) mass is 485 g/mol. The number of ether oxygens (including phenoxy) is 1. The predicted octanol–water partition coefficient (Wildman–Crippen LogP) is 2.14. The van der Waals surface area contributed by atoms with E-state index in [2.05, 4.69) is 17.6 Å². The second-order valence-electron chi connectivity index (χ2n) is 10.6. The lowest BCUT2D eigenvalue weighted by Crippen LogP contribution is -2.56. The fourth-order valence-electron chi connectivity index (χ4n) is 6.48. The number of rotatable bonds is 11. The molecule has 3 saturated heterocycles. The van der Waals surface area contributed by atoms with Crippen molar-refractivity contribution in [1.29, 1.82) is 0 Å². The lowest BCUT2D eigenvalue weighted by atomic mass is 9.66. The van der Waals surface area contributed by atoms with Crippen molar-refractivity contribution in [2.45, 2.75) is 89.1 Å². The Labute approximate surface area is 207 Å². The van der Waals surface area contributed by atoms with Crippen LogP contribution in [-0.4, -0.2) is 64.2 Å². The van der Waals surface area contributed by atoms with Crippen LogP contribution in [0.3, 0.4) is 0 Å². The first kappa shape index (κ1) is 25.6. The largest absolute Gasteiger partial charge is 0.396 e. The van der Waals surface area contributed by atoms with Crippen LogP contribution in [0.5, 0.6) is 0 Å². The van der Waals surface area contributed by atoms with Crippen LogP contribution in [0.2, 0.25) is 0 Å². The Morgan fingerprint density at radius 3 is 2.63 bits per heavy atom. The first-order chi connectivity index (χ1) is 16.8. The predicted molar refractivity (Wildman–Crippen MR) is 131 cm³/mol. The summed E-state index contributed by atoms with van der Waals surface area (Å²) in [5, 5.41) is 15.4. The smallest absolute Gasteiger partial charge is 0.246 e. The number of aliphatic hydroxyl groups is 1. The third kappa shape index (κ3) is 4.58. The van der Waals surface area contributed by atoms with Crippen molar-refractivity contribution in [2.24, 2.45) is 11.8 Å². The van der Waals surface area contributed by atoms with E-state index in [0.717, 1.165) is 18.4 Å².